The maximum Gasteiger partial charge on any atom is 0.184 e. The summed E-state index contributed by atoms with van der Waals surface area (Å²) in [5, 5.41) is 8.86. The summed E-state index contributed by atoms with van der Waals surface area (Å²) < 4.78 is 0. The highest BCUT2D eigenvalue weighted by Crippen LogP contribution is 2.40. The van der Waals surface area contributed by atoms with E-state index in [4.69, 9.17) is 5.26 Å². The molecule has 0 spiro atoms. The van der Waals surface area contributed by atoms with E-state index in [0.717, 1.165) is 19.4 Å². The van der Waals surface area contributed by atoms with E-state index in [1.165, 1.54) is 24.6 Å². The number of carbonyl (C=O) groups is 1. The molecule has 2 saturated heterocycles. The van der Waals surface area contributed by atoms with Gasteiger partial charge in [0.05, 0.1) is 5.56 Å². The van der Waals surface area contributed by atoms with E-state index < -0.39 is 0 Å². The van der Waals surface area contributed by atoms with Crippen molar-refractivity contribution in [1.82, 2.24) is 9.88 Å². The van der Waals surface area contributed by atoms with Gasteiger partial charge in [0.25, 0.3) is 0 Å². The van der Waals surface area contributed by atoms with Crippen LogP contribution in [0, 0.1) is 17.2 Å². The minimum absolute atomic E-state index is 0.0601. The smallest absolute Gasteiger partial charge is 0.184 e. The summed E-state index contributed by atoms with van der Waals surface area (Å²) in [6, 6.07) is 17.0. The average molecular weight is 331 g/mol. The number of nitriles is 1. The number of fused-ring (bicyclic) bond motifs is 2. The first-order chi connectivity index (χ1) is 12.2. The van der Waals surface area contributed by atoms with Crippen molar-refractivity contribution in [2.75, 3.05) is 0 Å². The van der Waals surface area contributed by atoms with E-state index in [-0.39, 0.29) is 11.7 Å². The highest BCUT2D eigenvalue weighted by atomic mass is 16.1. The Labute approximate surface area is 148 Å². The molecule has 2 bridgehead atoms. The van der Waals surface area contributed by atoms with Crippen LogP contribution < -0.4 is 0 Å². The summed E-state index contributed by atoms with van der Waals surface area (Å²) in [5.74, 6) is 0.200. The monoisotopic (exact) mass is 331 g/mol. The van der Waals surface area contributed by atoms with Gasteiger partial charge >= 0.3 is 0 Å². The molecule has 4 heteroatoms. The van der Waals surface area contributed by atoms with Gasteiger partial charge in [-0.1, -0.05) is 30.3 Å². The molecule has 3 heterocycles. The van der Waals surface area contributed by atoms with Gasteiger partial charge in [0.2, 0.25) is 0 Å². The Balaban J connectivity index is 1.45. The quantitative estimate of drug-likeness (QED) is 0.804. The molecule has 1 aromatic carbocycles. The van der Waals surface area contributed by atoms with Crippen molar-refractivity contribution < 1.29 is 4.79 Å². The molecule has 0 aliphatic carbocycles. The zero-order chi connectivity index (χ0) is 17.2. The molecule has 0 saturated carbocycles. The summed E-state index contributed by atoms with van der Waals surface area (Å²) in [5.41, 5.74) is 2.34. The number of pyridine rings is 1. The number of Topliss-reactive ketones (excluding diaryl/α,β-unsaturated/α-hetero) is 1. The number of rotatable bonds is 4. The fourth-order valence-corrected chi connectivity index (χ4v) is 4.36. The van der Waals surface area contributed by atoms with Crippen molar-refractivity contribution in [2.24, 2.45) is 5.92 Å². The van der Waals surface area contributed by atoms with E-state index in [9.17, 15) is 4.79 Å². The third kappa shape index (κ3) is 3.20. The van der Waals surface area contributed by atoms with Crippen molar-refractivity contribution in [2.45, 2.75) is 44.3 Å². The van der Waals surface area contributed by atoms with Gasteiger partial charge in [-0.25, -0.2) is 0 Å². The lowest BCUT2D eigenvalue weighted by Crippen LogP contribution is -2.44. The molecule has 2 fully saturated rings. The predicted octanol–water partition coefficient (Wildman–Crippen LogP) is 3.58. The van der Waals surface area contributed by atoms with Crippen molar-refractivity contribution in [3.8, 4) is 6.07 Å². The molecular formula is C21H21N3O. The largest absolute Gasteiger partial charge is 0.293 e. The Bertz CT molecular complexity index is 780. The number of hydrogen-bond acceptors (Lipinski definition) is 4. The highest BCUT2D eigenvalue weighted by Gasteiger charge is 2.42. The molecule has 2 aliphatic heterocycles. The van der Waals surface area contributed by atoms with Gasteiger partial charge in [0.15, 0.2) is 5.78 Å². The molecule has 2 atom stereocenters. The molecule has 0 N–H and O–H groups in total. The van der Waals surface area contributed by atoms with Crippen LogP contribution in [0.4, 0.5) is 0 Å². The minimum atomic E-state index is 0.0601. The number of hydrogen-bond donors (Lipinski definition) is 0. The van der Waals surface area contributed by atoms with E-state index in [1.54, 1.807) is 12.1 Å². The molecule has 2 aromatic rings. The number of benzene rings is 1. The minimum Gasteiger partial charge on any atom is -0.293 e. The van der Waals surface area contributed by atoms with Gasteiger partial charge < -0.3 is 0 Å². The SMILES string of the molecule is N#Cc1ccc(C(=O)C2CC3CCC(C2)N3Cc2ccccc2)nc1. The summed E-state index contributed by atoms with van der Waals surface area (Å²) in [6.07, 6.45) is 5.70. The zero-order valence-corrected chi connectivity index (χ0v) is 14.1. The van der Waals surface area contributed by atoms with Gasteiger partial charge in [-0.05, 0) is 43.4 Å². The van der Waals surface area contributed by atoms with Crippen molar-refractivity contribution in [1.29, 1.82) is 5.26 Å². The Morgan fingerprint density at radius 2 is 1.84 bits per heavy atom. The fraction of sp³-hybridized carbons (Fsp3) is 0.381. The van der Waals surface area contributed by atoms with E-state index >= 15 is 0 Å². The Kier molecular flexibility index (Phi) is 4.33. The standard InChI is InChI=1S/C21H21N3O/c22-12-16-6-9-20(23-13-16)21(25)17-10-18-7-8-19(11-17)24(18)14-15-4-2-1-3-5-15/h1-6,9,13,17-19H,7-8,10-11,14H2. The Hall–Kier alpha value is -2.51. The molecule has 25 heavy (non-hydrogen) atoms. The number of ketones is 1. The van der Waals surface area contributed by atoms with Crippen LogP contribution in [0.5, 0.6) is 0 Å². The first-order valence-electron chi connectivity index (χ1n) is 8.94. The van der Waals surface area contributed by atoms with Crippen LogP contribution in [0.25, 0.3) is 0 Å². The van der Waals surface area contributed by atoms with Gasteiger partial charge in [-0.15, -0.1) is 0 Å². The lowest BCUT2D eigenvalue weighted by molar-refractivity contribution is 0.0674. The summed E-state index contributed by atoms with van der Waals surface area (Å²) >= 11 is 0. The summed E-state index contributed by atoms with van der Waals surface area (Å²) in [7, 11) is 0. The van der Waals surface area contributed by atoms with Gasteiger partial charge in [0, 0.05) is 30.7 Å². The second-order valence-electron chi connectivity index (χ2n) is 7.12. The van der Waals surface area contributed by atoms with Crippen LogP contribution in [0.3, 0.4) is 0 Å². The van der Waals surface area contributed by atoms with Crippen LogP contribution in [0.15, 0.2) is 48.7 Å². The van der Waals surface area contributed by atoms with Crippen LogP contribution in [-0.2, 0) is 6.54 Å². The van der Waals surface area contributed by atoms with Crippen LogP contribution >= 0.6 is 0 Å². The fourth-order valence-electron chi connectivity index (χ4n) is 4.36. The van der Waals surface area contributed by atoms with Gasteiger partial charge in [0.1, 0.15) is 11.8 Å². The second-order valence-corrected chi connectivity index (χ2v) is 7.12. The van der Waals surface area contributed by atoms with Gasteiger partial charge in [-0.3, -0.25) is 14.7 Å². The molecule has 0 amide bonds. The topological polar surface area (TPSA) is 57.0 Å². The predicted molar refractivity (Wildman–Crippen MR) is 94.8 cm³/mol. The molecule has 4 nitrogen and oxygen atoms in total. The number of nitrogens with zero attached hydrogens (tertiary/aromatic N) is 3. The normalized spacial score (nSPS) is 25.5. The molecule has 126 valence electrons. The third-order valence-electron chi connectivity index (χ3n) is 5.61. The number of aromatic nitrogens is 1. The van der Waals surface area contributed by atoms with E-state index in [2.05, 4.69) is 34.1 Å². The van der Waals surface area contributed by atoms with Crippen LogP contribution in [0.2, 0.25) is 0 Å². The highest BCUT2D eigenvalue weighted by molar-refractivity contribution is 5.96. The van der Waals surface area contributed by atoms with Crippen LogP contribution in [-0.4, -0.2) is 27.8 Å². The molecule has 1 aromatic heterocycles. The van der Waals surface area contributed by atoms with Gasteiger partial charge in [-0.2, -0.15) is 5.26 Å². The first kappa shape index (κ1) is 16.0. The molecule has 2 unspecified atom stereocenters. The van der Waals surface area contributed by atoms with E-state index in [0.29, 0.717) is 23.3 Å². The molecule has 2 aliphatic rings. The second kappa shape index (κ2) is 6.78. The van der Waals surface area contributed by atoms with E-state index in [1.807, 2.05) is 12.1 Å². The molecular weight excluding hydrogens is 310 g/mol. The Morgan fingerprint density at radius 1 is 1.12 bits per heavy atom. The average Bonchev–Trinajstić information content (AvgIpc) is 2.90. The number of piperidine rings is 1. The maximum atomic E-state index is 12.8. The number of carbonyl (C=O) groups excluding carboxylic acids is 1. The molecule has 4 rings (SSSR count). The maximum absolute atomic E-state index is 12.8. The first-order valence-corrected chi connectivity index (χ1v) is 8.94. The summed E-state index contributed by atoms with van der Waals surface area (Å²) in [6.45, 7) is 0.978. The van der Waals surface area contributed by atoms with Crippen molar-refractivity contribution in [3.63, 3.8) is 0 Å². The Morgan fingerprint density at radius 3 is 2.44 bits per heavy atom. The molecule has 0 radical (unpaired) electrons. The zero-order valence-electron chi connectivity index (χ0n) is 14.1. The lowest BCUT2D eigenvalue weighted by atomic mass is 9.85. The third-order valence-corrected chi connectivity index (χ3v) is 5.61. The van der Waals surface area contributed by atoms with Crippen molar-refractivity contribution >= 4 is 5.78 Å². The summed E-state index contributed by atoms with van der Waals surface area (Å²) in [4.78, 5) is 19.6. The lowest BCUT2D eigenvalue weighted by Gasteiger charge is -2.38. The van der Waals surface area contributed by atoms with Crippen LogP contribution in [0.1, 0.15) is 47.3 Å². The van der Waals surface area contributed by atoms with Crippen molar-refractivity contribution in [3.05, 3.63) is 65.5 Å².